The summed E-state index contributed by atoms with van der Waals surface area (Å²) in [5.41, 5.74) is 5.75. The van der Waals surface area contributed by atoms with Gasteiger partial charge in [0, 0.05) is 25.0 Å². The lowest BCUT2D eigenvalue weighted by Gasteiger charge is -2.25. The Hall–Kier alpha value is -1.14. The van der Waals surface area contributed by atoms with E-state index in [2.05, 4.69) is 10.6 Å². The summed E-state index contributed by atoms with van der Waals surface area (Å²) < 4.78 is 5.14. The predicted octanol–water partition coefficient (Wildman–Crippen LogP) is -1.65. The summed E-state index contributed by atoms with van der Waals surface area (Å²) in [6, 6.07) is -0.184. The van der Waals surface area contributed by atoms with Gasteiger partial charge in [0.15, 0.2) is 0 Å². The van der Waals surface area contributed by atoms with Gasteiger partial charge in [-0.25, -0.2) is 0 Å². The zero-order chi connectivity index (χ0) is 11.5. The largest absolute Gasteiger partial charge is 0.379 e. The third kappa shape index (κ3) is 2.51. The van der Waals surface area contributed by atoms with Crippen molar-refractivity contribution in [3.63, 3.8) is 0 Å². The van der Waals surface area contributed by atoms with E-state index >= 15 is 0 Å². The maximum atomic E-state index is 11.8. The first-order chi connectivity index (χ1) is 7.66. The number of piperidine rings is 1. The Morgan fingerprint density at radius 2 is 2.31 bits per heavy atom. The van der Waals surface area contributed by atoms with Crippen molar-refractivity contribution in [3.8, 4) is 0 Å². The van der Waals surface area contributed by atoms with Gasteiger partial charge in [0.25, 0.3) is 0 Å². The van der Waals surface area contributed by atoms with Gasteiger partial charge in [-0.15, -0.1) is 0 Å². The third-order valence-electron chi connectivity index (χ3n) is 3.07. The smallest absolute Gasteiger partial charge is 0.227 e. The van der Waals surface area contributed by atoms with Crippen molar-refractivity contribution in [2.24, 2.45) is 11.7 Å². The molecule has 6 nitrogen and oxygen atoms in total. The Kier molecular flexibility index (Phi) is 3.40. The second-order valence-corrected chi connectivity index (χ2v) is 4.36. The molecule has 0 aromatic rings. The van der Waals surface area contributed by atoms with Crippen LogP contribution in [0.5, 0.6) is 0 Å². The molecule has 2 aliphatic rings. The standard InChI is InChI=1S/C10H17N3O3/c11-8-5-16-4-7(8)10(15)13-6-1-2-9(14)12-3-6/h6-8H,1-5,11H2,(H,12,14)(H,13,15). The first-order valence-electron chi connectivity index (χ1n) is 5.57. The zero-order valence-electron chi connectivity index (χ0n) is 9.07. The molecule has 0 radical (unpaired) electrons. The van der Waals surface area contributed by atoms with E-state index in [1.54, 1.807) is 0 Å². The number of hydrogen-bond donors (Lipinski definition) is 3. The van der Waals surface area contributed by atoms with Crippen molar-refractivity contribution in [2.45, 2.75) is 24.9 Å². The molecule has 2 amide bonds. The van der Waals surface area contributed by atoms with Crippen molar-refractivity contribution in [1.82, 2.24) is 10.6 Å². The van der Waals surface area contributed by atoms with Crippen molar-refractivity contribution >= 4 is 11.8 Å². The van der Waals surface area contributed by atoms with Crippen LogP contribution in [-0.4, -0.2) is 43.7 Å². The summed E-state index contributed by atoms with van der Waals surface area (Å²) in [4.78, 5) is 22.8. The van der Waals surface area contributed by atoms with Crippen LogP contribution in [0.25, 0.3) is 0 Å². The Labute approximate surface area is 93.9 Å². The summed E-state index contributed by atoms with van der Waals surface area (Å²) in [5.74, 6) is -0.268. The lowest BCUT2D eigenvalue weighted by molar-refractivity contribution is -0.128. The highest BCUT2D eigenvalue weighted by molar-refractivity contribution is 5.81. The van der Waals surface area contributed by atoms with Gasteiger partial charge >= 0.3 is 0 Å². The molecule has 0 aromatic heterocycles. The number of carbonyl (C=O) groups is 2. The zero-order valence-corrected chi connectivity index (χ0v) is 9.07. The second-order valence-electron chi connectivity index (χ2n) is 4.36. The molecular formula is C10H17N3O3. The molecule has 2 saturated heterocycles. The topological polar surface area (TPSA) is 93.4 Å². The van der Waals surface area contributed by atoms with Gasteiger partial charge in [-0.1, -0.05) is 0 Å². The maximum Gasteiger partial charge on any atom is 0.227 e. The average Bonchev–Trinajstić information content (AvgIpc) is 2.68. The lowest BCUT2D eigenvalue weighted by atomic mass is 10.0. The Balaban J connectivity index is 1.80. The number of ether oxygens (including phenoxy) is 1. The fourth-order valence-corrected chi connectivity index (χ4v) is 2.01. The summed E-state index contributed by atoms with van der Waals surface area (Å²) in [7, 11) is 0. The van der Waals surface area contributed by atoms with E-state index in [9.17, 15) is 9.59 Å². The van der Waals surface area contributed by atoms with Gasteiger partial charge in [0.05, 0.1) is 19.1 Å². The normalized spacial score (nSPS) is 34.6. The minimum atomic E-state index is -0.252. The van der Waals surface area contributed by atoms with Crippen molar-refractivity contribution in [3.05, 3.63) is 0 Å². The molecule has 2 aliphatic heterocycles. The van der Waals surface area contributed by atoms with Crippen molar-refractivity contribution in [1.29, 1.82) is 0 Å². The van der Waals surface area contributed by atoms with E-state index in [1.165, 1.54) is 0 Å². The molecule has 0 spiro atoms. The highest BCUT2D eigenvalue weighted by atomic mass is 16.5. The van der Waals surface area contributed by atoms with Gasteiger partial charge < -0.3 is 21.1 Å². The van der Waals surface area contributed by atoms with Crippen LogP contribution in [0, 0.1) is 5.92 Å². The van der Waals surface area contributed by atoms with Gasteiger partial charge in [0.2, 0.25) is 11.8 Å². The number of carbonyl (C=O) groups excluding carboxylic acids is 2. The Morgan fingerprint density at radius 1 is 1.50 bits per heavy atom. The predicted molar refractivity (Wildman–Crippen MR) is 56.5 cm³/mol. The summed E-state index contributed by atoms with van der Waals surface area (Å²) in [5, 5.41) is 5.62. The Bertz CT molecular complexity index is 285. The molecule has 0 aromatic carbocycles. The highest BCUT2D eigenvalue weighted by Gasteiger charge is 2.32. The molecule has 6 heteroatoms. The molecule has 0 saturated carbocycles. The molecule has 3 unspecified atom stereocenters. The van der Waals surface area contributed by atoms with Crippen molar-refractivity contribution in [2.75, 3.05) is 19.8 Å². The quantitative estimate of drug-likeness (QED) is 0.527. The van der Waals surface area contributed by atoms with Crippen LogP contribution in [-0.2, 0) is 14.3 Å². The molecule has 90 valence electrons. The van der Waals surface area contributed by atoms with Crippen LogP contribution in [0.15, 0.2) is 0 Å². The van der Waals surface area contributed by atoms with Crippen LogP contribution in [0.1, 0.15) is 12.8 Å². The molecule has 16 heavy (non-hydrogen) atoms. The molecule has 4 N–H and O–H groups in total. The minimum absolute atomic E-state index is 0.0259. The van der Waals surface area contributed by atoms with Gasteiger partial charge in [0.1, 0.15) is 0 Å². The SMILES string of the molecule is NC1COCC1C(=O)NC1CCC(=O)NC1. The van der Waals surface area contributed by atoms with Crippen LogP contribution < -0.4 is 16.4 Å². The van der Waals surface area contributed by atoms with Crippen LogP contribution in [0.2, 0.25) is 0 Å². The number of nitrogens with one attached hydrogen (secondary N) is 2. The first-order valence-corrected chi connectivity index (χ1v) is 5.57. The van der Waals surface area contributed by atoms with E-state index in [1.807, 2.05) is 0 Å². The van der Waals surface area contributed by atoms with Gasteiger partial charge in [-0.05, 0) is 6.42 Å². The van der Waals surface area contributed by atoms with E-state index in [4.69, 9.17) is 10.5 Å². The molecular weight excluding hydrogens is 210 g/mol. The van der Waals surface area contributed by atoms with E-state index < -0.39 is 0 Å². The van der Waals surface area contributed by atoms with E-state index in [-0.39, 0.29) is 29.8 Å². The fraction of sp³-hybridized carbons (Fsp3) is 0.800. The molecule has 2 rings (SSSR count). The summed E-state index contributed by atoms with van der Waals surface area (Å²) in [6.45, 7) is 1.35. The molecule has 0 aliphatic carbocycles. The van der Waals surface area contributed by atoms with E-state index in [0.29, 0.717) is 32.6 Å². The lowest BCUT2D eigenvalue weighted by Crippen LogP contribution is -2.51. The number of rotatable bonds is 2. The van der Waals surface area contributed by atoms with Crippen LogP contribution in [0.3, 0.4) is 0 Å². The van der Waals surface area contributed by atoms with Gasteiger partial charge in [-0.2, -0.15) is 0 Å². The van der Waals surface area contributed by atoms with E-state index in [0.717, 1.165) is 0 Å². The molecule has 2 heterocycles. The second kappa shape index (κ2) is 4.80. The first kappa shape index (κ1) is 11.3. The maximum absolute atomic E-state index is 11.8. The minimum Gasteiger partial charge on any atom is -0.379 e. The number of hydrogen-bond acceptors (Lipinski definition) is 4. The van der Waals surface area contributed by atoms with Crippen molar-refractivity contribution < 1.29 is 14.3 Å². The van der Waals surface area contributed by atoms with Crippen LogP contribution in [0.4, 0.5) is 0 Å². The van der Waals surface area contributed by atoms with Crippen LogP contribution >= 0.6 is 0 Å². The average molecular weight is 227 g/mol. The molecule has 2 fully saturated rings. The third-order valence-corrected chi connectivity index (χ3v) is 3.07. The molecule has 0 bridgehead atoms. The summed E-state index contributed by atoms with van der Waals surface area (Å²) in [6.07, 6.45) is 1.17. The Morgan fingerprint density at radius 3 is 2.88 bits per heavy atom. The monoisotopic (exact) mass is 227 g/mol. The highest BCUT2D eigenvalue weighted by Crippen LogP contribution is 2.12. The fourth-order valence-electron chi connectivity index (χ4n) is 2.01. The number of amides is 2. The molecule has 3 atom stereocenters. The number of nitrogens with two attached hydrogens (primary N) is 1. The van der Waals surface area contributed by atoms with Gasteiger partial charge in [-0.3, -0.25) is 9.59 Å². The summed E-state index contributed by atoms with van der Waals surface area (Å²) >= 11 is 0.